The average Bonchev–Trinajstić information content (AvgIpc) is 2.73. The molecule has 0 bridgehead atoms. The average molecular weight is 410 g/mol. The van der Waals surface area contributed by atoms with Crippen LogP contribution in [-0.4, -0.2) is 27.5 Å². The number of fused-ring (bicyclic) bond motifs is 1. The van der Waals surface area contributed by atoms with Crippen LogP contribution in [0.5, 0.6) is 0 Å². The van der Waals surface area contributed by atoms with Gasteiger partial charge in [-0.2, -0.15) is 0 Å². The number of hydrogen-bond donors (Lipinski definition) is 2. The molecule has 3 N–H and O–H groups in total. The van der Waals surface area contributed by atoms with Crippen LogP contribution in [0.4, 0.5) is 10.1 Å². The van der Waals surface area contributed by atoms with Crippen LogP contribution >= 0.6 is 0 Å². The van der Waals surface area contributed by atoms with Gasteiger partial charge in [0, 0.05) is 18.8 Å². The van der Waals surface area contributed by atoms with Gasteiger partial charge >= 0.3 is 5.69 Å². The largest absolute Gasteiger partial charge is 0.399 e. The zero-order chi connectivity index (χ0) is 21.3. The van der Waals surface area contributed by atoms with E-state index >= 15 is 0 Å². The van der Waals surface area contributed by atoms with Crippen LogP contribution in [0.3, 0.4) is 0 Å². The monoisotopic (exact) mass is 410 g/mol. The summed E-state index contributed by atoms with van der Waals surface area (Å²) in [5.41, 5.74) is 7.21. The summed E-state index contributed by atoms with van der Waals surface area (Å²) in [6, 6.07) is 11.7. The number of aromatic amines is 1. The number of aromatic nitrogens is 2. The third-order valence-electron chi connectivity index (χ3n) is 6.09. The van der Waals surface area contributed by atoms with Crippen molar-refractivity contribution in [3.05, 3.63) is 74.7 Å². The molecule has 0 spiro atoms. The van der Waals surface area contributed by atoms with Crippen molar-refractivity contribution in [1.29, 1.82) is 0 Å². The molecule has 1 atom stereocenters. The third-order valence-corrected chi connectivity index (χ3v) is 6.09. The summed E-state index contributed by atoms with van der Waals surface area (Å²) in [6.07, 6.45) is 3.09. The van der Waals surface area contributed by atoms with Crippen molar-refractivity contribution in [3.63, 3.8) is 0 Å². The Labute approximate surface area is 174 Å². The van der Waals surface area contributed by atoms with E-state index in [9.17, 15) is 14.0 Å². The molecule has 6 nitrogen and oxygen atoms in total. The number of nitrogens with two attached hydrogens (primary N) is 1. The van der Waals surface area contributed by atoms with Crippen LogP contribution in [0.1, 0.15) is 50.3 Å². The van der Waals surface area contributed by atoms with Crippen LogP contribution in [0, 0.1) is 5.82 Å². The van der Waals surface area contributed by atoms with Crippen molar-refractivity contribution in [1.82, 2.24) is 14.5 Å². The molecule has 158 valence electrons. The normalized spacial score (nSPS) is 16.7. The van der Waals surface area contributed by atoms with E-state index in [-0.39, 0.29) is 17.5 Å². The second-order valence-electron chi connectivity index (χ2n) is 8.04. The van der Waals surface area contributed by atoms with E-state index in [4.69, 9.17) is 5.73 Å². The second-order valence-corrected chi connectivity index (χ2v) is 8.04. The van der Waals surface area contributed by atoms with Crippen molar-refractivity contribution in [2.75, 3.05) is 18.8 Å². The molecule has 7 heteroatoms. The Morgan fingerprint density at radius 3 is 2.50 bits per heavy atom. The number of nitrogens with zero attached hydrogens (tertiary/aromatic N) is 2. The van der Waals surface area contributed by atoms with Crippen molar-refractivity contribution in [2.45, 2.75) is 44.7 Å². The molecule has 30 heavy (non-hydrogen) atoms. The molecule has 0 amide bonds. The molecule has 3 aromatic rings. The van der Waals surface area contributed by atoms with Crippen molar-refractivity contribution in [3.8, 4) is 0 Å². The summed E-state index contributed by atoms with van der Waals surface area (Å²) in [5.74, 6) is 0.134. The first-order valence-electron chi connectivity index (χ1n) is 10.5. The van der Waals surface area contributed by atoms with Gasteiger partial charge in [-0.1, -0.05) is 25.5 Å². The number of nitrogen functional groups attached to an aromatic ring is 1. The summed E-state index contributed by atoms with van der Waals surface area (Å²) < 4.78 is 14.6. The number of halogens is 1. The number of hydrogen-bond acceptors (Lipinski definition) is 4. The van der Waals surface area contributed by atoms with E-state index in [1.807, 2.05) is 12.1 Å². The van der Waals surface area contributed by atoms with Gasteiger partial charge in [-0.05, 0) is 61.1 Å². The van der Waals surface area contributed by atoms with Gasteiger partial charge in [-0.3, -0.25) is 9.69 Å². The second kappa shape index (κ2) is 8.44. The molecule has 4 rings (SSSR count). The van der Waals surface area contributed by atoms with E-state index in [2.05, 4.69) is 16.8 Å². The van der Waals surface area contributed by atoms with Crippen molar-refractivity contribution in [2.24, 2.45) is 0 Å². The topological polar surface area (TPSA) is 84.1 Å². The van der Waals surface area contributed by atoms with Crippen molar-refractivity contribution >= 4 is 16.6 Å². The number of rotatable bonds is 5. The highest BCUT2D eigenvalue weighted by Crippen LogP contribution is 2.31. The summed E-state index contributed by atoms with van der Waals surface area (Å²) in [5, 5.41) is 0.464. The molecule has 0 saturated carbocycles. The van der Waals surface area contributed by atoms with Crippen LogP contribution in [-0.2, 0) is 0 Å². The van der Waals surface area contributed by atoms with Crippen LogP contribution in [0.2, 0.25) is 0 Å². The highest BCUT2D eigenvalue weighted by molar-refractivity contribution is 5.80. The number of likely N-dealkylation sites (tertiary alicyclic amines) is 1. The minimum Gasteiger partial charge on any atom is -0.399 e. The molecular formula is C23H27FN4O2. The SMILES string of the molecule is CCCC(N1CCC(c2ccc(F)cc2)CC1)n1c(=O)[nH]c2cc(N)ccc2c1=O. The van der Waals surface area contributed by atoms with E-state index in [1.165, 1.54) is 16.7 Å². The fourth-order valence-corrected chi connectivity index (χ4v) is 4.52. The molecule has 1 fully saturated rings. The van der Waals surface area contributed by atoms with Gasteiger partial charge < -0.3 is 10.7 Å². The Morgan fingerprint density at radius 2 is 1.83 bits per heavy atom. The molecule has 1 saturated heterocycles. The lowest BCUT2D eigenvalue weighted by atomic mass is 9.89. The molecule has 0 radical (unpaired) electrons. The van der Waals surface area contributed by atoms with E-state index in [1.54, 1.807) is 18.2 Å². The first-order valence-corrected chi connectivity index (χ1v) is 10.5. The predicted molar refractivity (Wildman–Crippen MR) is 117 cm³/mol. The third kappa shape index (κ3) is 3.89. The molecule has 0 aliphatic carbocycles. The van der Waals surface area contributed by atoms with E-state index < -0.39 is 5.69 Å². The Bertz CT molecular complexity index is 1140. The summed E-state index contributed by atoms with van der Waals surface area (Å²) in [7, 11) is 0. The lowest BCUT2D eigenvalue weighted by Gasteiger charge is -2.38. The highest BCUT2D eigenvalue weighted by atomic mass is 19.1. The standard InChI is InChI=1S/C23H27FN4O2/c1-2-3-21(27-12-10-16(11-13-27)15-4-6-17(24)7-5-15)28-22(29)19-9-8-18(25)14-20(19)26-23(28)30/h4-9,14,16,21H,2-3,10-13,25H2,1H3,(H,26,30). The molecule has 1 unspecified atom stereocenters. The number of nitrogens with one attached hydrogen (secondary N) is 1. The summed E-state index contributed by atoms with van der Waals surface area (Å²) >= 11 is 0. The minimum atomic E-state index is -0.405. The van der Waals surface area contributed by atoms with Gasteiger partial charge in [0.15, 0.2) is 0 Å². The predicted octanol–water partition coefficient (Wildman–Crippen LogP) is 3.59. The minimum absolute atomic E-state index is 0.226. The van der Waals surface area contributed by atoms with Gasteiger partial charge in [0.1, 0.15) is 5.82 Å². The fourth-order valence-electron chi connectivity index (χ4n) is 4.52. The first-order chi connectivity index (χ1) is 14.5. The van der Waals surface area contributed by atoms with Gasteiger partial charge in [-0.25, -0.2) is 13.8 Å². The molecule has 1 aromatic heterocycles. The molecule has 1 aliphatic rings. The van der Waals surface area contributed by atoms with E-state index in [0.717, 1.165) is 37.9 Å². The maximum absolute atomic E-state index is 13.2. The van der Waals surface area contributed by atoms with Gasteiger partial charge in [0.05, 0.1) is 17.1 Å². The lowest BCUT2D eigenvalue weighted by Crippen LogP contribution is -2.47. The Balaban J connectivity index is 1.62. The summed E-state index contributed by atoms with van der Waals surface area (Å²) in [4.78, 5) is 31.1. The Hall–Kier alpha value is -2.93. The molecule has 1 aliphatic heterocycles. The van der Waals surface area contributed by atoms with Gasteiger partial charge in [0.25, 0.3) is 5.56 Å². The van der Waals surface area contributed by atoms with Crippen LogP contribution in [0.25, 0.3) is 10.9 Å². The number of piperidine rings is 1. The Morgan fingerprint density at radius 1 is 1.13 bits per heavy atom. The zero-order valence-electron chi connectivity index (χ0n) is 17.1. The van der Waals surface area contributed by atoms with Gasteiger partial charge in [-0.15, -0.1) is 0 Å². The quantitative estimate of drug-likeness (QED) is 0.630. The lowest BCUT2D eigenvalue weighted by molar-refractivity contribution is 0.0913. The number of anilines is 1. The fraction of sp³-hybridized carbons (Fsp3) is 0.391. The maximum atomic E-state index is 13.2. The highest BCUT2D eigenvalue weighted by Gasteiger charge is 2.28. The molecule has 2 heterocycles. The first kappa shape index (κ1) is 20.3. The smallest absolute Gasteiger partial charge is 0.330 e. The Kier molecular flexibility index (Phi) is 5.72. The number of H-pyrrole nitrogens is 1. The molecule has 2 aromatic carbocycles. The van der Waals surface area contributed by atoms with Crippen LogP contribution < -0.4 is 17.0 Å². The molecular weight excluding hydrogens is 383 g/mol. The summed E-state index contributed by atoms with van der Waals surface area (Å²) in [6.45, 7) is 3.61. The van der Waals surface area contributed by atoms with Crippen LogP contribution in [0.15, 0.2) is 52.1 Å². The zero-order valence-corrected chi connectivity index (χ0v) is 17.1. The van der Waals surface area contributed by atoms with E-state index in [0.29, 0.717) is 28.9 Å². The maximum Gasteiger partial charge on any atom is 0.330 e. The van der Waals surface area contributed by atoms with Gasteiger partial charge in [0.2, 0.25) is 0 Å². The number of benzene rings is 2. The van der Waals surface area contributed by atoms with Crippen molar-refractivity contribution < 1.29 is 4.39 Å².